The highest BCUT2D eigenvalue weighted by Crippen LogP contribution is 2.25. The van der Waals surface area contributed by atoms with E-state index in [4.69, 9.17) is 0 Å². The topological polar surface area (TPSA) is 54.1 Å². The van der Waals surface area contributed by atoms with Gasteiger partial charge in [-0.3, -0.25) is 9.79 Å². The summed E-state index contributed by atoms with van der Waals surface area (Å²) in [7, 11) is 0. The maximum Gasteiger partial charge on any atom is 0.170 e. The average molecular weight is 133 g/mol. The van der Waals surface area contributed by atoms with E-state index in [0.29, 0.717) is 17.7 Å². The first-order chi connectivity index (χ1) is 4.92. The van der Waals surface area contributed by atoms with Crippen molar-refractivity contribution in [1.29, 1.82) is 0 Å². The summed E-state index contributed by atoms with van der Waals surface area (Å²) in [6.45, 7) is 0. The van der Waals surface area contributed by atoms with Gasteiger partial charge in [0.05, 0.1) is 6.20 Å². The van der Waals surface area contributed by atoms with Crippen LogP contribution in [0.3, 0.4) is 0 Å². The molecule has 4 nitrogen and oxygen atoms in total. The second-order valence-electron chi connectivity index (χ2n) is 1.91. The predicted molar refractivity (Wildman–Crippen MR) is 34.5 cm³/mol. The molecule has 0 spiro atoms. The number of allylic oxidation sites excluding steroid dienone is 2. The summed E-state index contributed by atoms with van der Waals surface area (Å²) in [5.41, 5.74) is 1.78. The van der Waals surface area contributed by atoms with Crippen LogP contribution in [0.15, 0.2) is 38.4 Å². The minimum atomic E-state index is 0.368. The fourth-order valence-corrected chi connectivity index (χ4v) is 0.848. The van der Waals surface area contributed by atoms with Crippen molar-refractivity contribution in [3.63, 3.8) is 0 Å². The lowest BCUT2D eigenvalue weighted by atomic mass is 10.2. The lowest BCUT2D eigenvalue weighted by Gasteiger charge is -1.84. The quantitative estimate of drug-likeness (QED) is 0.489. The average Bonchev–Trinajstić information content (AvgIpc) is 2.44. The van der Waals surface area contributed by atoms with E-state index < -0.39 is 0 Å². The van der Waals surface area contributed by atoms with Gasteiger partial charge in [-0.25, -0.2) is 0 Å². The van der Waals surface area contributed by atoms with E-state index in [1.807, 2.05) is 0 Å². The normalized spacial score (nSPS) is 19.8. The molecular weight excluding hydrogens is 130 g/mol. The molecule has 2 heterocycles. The van der Waals surface area contributed by atoms with Crippen LogP contribution in [0.4, 0.5) is 0 Å². The minimum Gasteiger partial charge on any atom is -0.296 e. The van der Waals surface area contributed by atoms with Gasteiger partial charge < -0.3 is 0 Å². The Hall–Kier alpha value is -1.58. The zero-order valence-electron chi connectivity index (χ0n) is 4.98. The SMILES string of the molecule is O=CC1=C2N=NC=C2C=N1. The Kier molecular flexibility index (Phi) is 0.887. The number of aliphatic imine (C=N–C) groups is 1. The van der Waals surface area contributed by atoms with Crippen LogP contribution in [-0.2, 0) is 4.79 Å². The minimum absolute atomic E-state index is 0.368. The maximum atomic E-state index is 10.2. The molecule has 0 amide bonds. The Morgan fingerprint density at radius 3 is 3.20 bits per heavy atom. The monoisotopic (exact) mass is 133 g/mol. The molecule has 0 saturated heterocycles. The molecule has 0 N–H and O–H groups in total. The van der Waals surface area contributed by atoms with Crippen molar-refractivity contribution in [2.45, 2.75) is 0 Å². The van der Waals surface area contributed by atoms with Crippen molar-refractivity contribution < 1.29 is 4.79 Å². The van der Waals surface area contributed by atoms with Gasteiger partial charge in [0.1, 0.15) is 11.4 Å². The van der Waals surface area contributed by atoms with Crippen LogP contribution in [0.5, 0.6) is 0 Å². The van der Waals surface area contributed by atoms with E-state index in [1.165, 1.54) is 0 Å². The molecule has 0 unspecified atom stereocenters. The van der Waals surface area contributed by atoms with Crippen LogP contribution < -0.4 is 0 Å². The fraction of sp³-hybridized carbons (Fsp3) is 0. The Balaban J connectivity index is 2.59. The second kappa shape index (κ2) is 1.70. The van der Waals surface area contributed by atoms with Crippen molar-refractivity contribution >= 4 is 12.5 Å². The number of aldehydes is 1. The van der Waals surface area contributed by atoms with E-state index in [0.717, 1.165) is 5.57 Å². The van der Waals surface area contributed by atoms with Crippen LogP contribution in [0.1, 0.15) is 0 Å². The van der Waals surface area contributed by atoms with E-state index in [9.17, 15) is 4.79 Å². The summed E-state index contributed by atoms with van der Waals surface area (Å²) < 4.78 is 0. The van der Waals surface area contributed by atoms with Crippen molar-refractivity contribution in [2.24, 2.45) is 15.2 Å². The number of hydrogen-bond donors (Lipinski definition) is 0. The van der Waals surface area contributed by atoms with E-state index in [-0.39, 0.29) is 0 Å². The van der Waals surface area contributed by atoms with Crippen molar-refractivity contribution in [3.8, 4) is 0 Å². The largest absolute Gasteiger partial charge is 0.296 e. The number of fused-ring (bicyclic) bond motifs is 1. The molecule has 0 aromatic rings. The van der Waals surface area contributed by atoms with E-state index in [1.54, 1.807) is 12.4 Å². The molecule has 0 bridgehead atoms. The second-order valence-corrected chi connectivity index (χ2v) is 1.91. The molecule has 0 radical (unpaired) electrons. The van der Waals surface area contributed by atoms with E-state index >= 15 is 0 Å². The smallest absolute Gasteiger partial charge is 0.170 e. The summed E-state index contributed by atoms with van der Waals surface area (Å²) in [5, 5.41) is 7.33. The molecule has 2 rings (SSSR count). The Bertz CT molecular complexity index is 309. The van der Waals surface area contributed by atoms with Gasteiger partial charge in [-0.15, -0.1) is 5.11 Å². The number of azo groups is 1. The zero-order chi connectivity index (χ0) is 6.97. The zero-order valence-corrected chi connectivity index (χ0v) is 4.98. The third kappa shape index (κ3) is 0.500. The van der Waals surface area contributed by atoms with Gasteiger partial charge in [0, 0.05) is 11.8 Å². The molecule has 0 aliphatic carbocycles. The van der Waals surface area contributed by atoms with Crippen LogP contribution in [0, 0.1) is 0 Å². The number of nitrogens with zero attached hydrogens (tertiary/aromatic N) is 3. The van der Waals surface area contributed by atoms with E-state index in [2.05, 4.69) is 15.2 Å². The highest BCUT2D eigenvalue weighted by Gasteiger charge is 2.17. The number of hydrogen-bond acceptors (Lipinski definition) is 4. The van der Waals surface area contributed by atoms with Gasteiger partial charge >= 0.3 is 0 Å². The summed E-state index contributed by atoms with van der Waals surface area (Å²) in [5.74, 6) is 0. The third-order valence-corrected chi connectivity index (χ3v) is 1.32. The number of rotatable bonds is 1. The van der Waals surface area contributed by atoms with Crippen LogP contribution in [-0.4, -0.2) is 12.5 Å². The molecule has 0 aromatic heterocycles. The molecule has 0 atom stereocenters. The van der Waals surface area contributed by atoms with Crippen molar-refractivity contribution in [2.75, 3.05) is 0 Å². The van der Waals surface area contributed by atoms with Gasteiger partial charge in [-0.05, 0) is 0 Å². The third-order valence-electron chi connectivity index (χ3n) is 1.32. The van der Waals surface area contributed by atoms with Crippen LogP contribution >= 0.6 is 0 Å². The first-order valence-corrected chi connectivity index (χ1v) is 2.77. The van der Waals surface area contributed by atoms with Gasteiger partial charge in [-0.1, -0.05) is 0 Å². The van der Waals surface area contributed by atoms with Gasteiger partial charge in [0.2, 0.25) is 0 Å². The standard InChI is InChI=1S/C6H3N3O/c10-3-5-6-4(1-7-5)2-8-9-6/h1-3H. The summed E-state index contributed by atoms with van der Waals surface area (Å²) in [6.07, 6.45) is 3.84. The fourth-order valence-electron chi connectivity index (χ4n) is 0.848. The summed E-state index contributed by atoms with van der Waals surface area (Å²) in [4.78, 5) is 14.1. The van der Waals surface area contributed by atoms with Crippen molar-refractivity contribution in [3.05, 3.63) is 23.2 Å². The molecular formula is C6H3N3O. The predicted octanol–water partition coefficient (Wildman–Crippen LogP) is 0.831. The maximum absolute atomic E-state index is 10.2. The number of carbonyl (C=O) groups excluding carboxylic acids is 1. The Morgan fingerprint density at radius 2 is 2.40 bits per heavy atom. The first kappa shape index (κ1) is 5.22. The highest BCUT2D eigenvalue weighted by molar-refractivity contribution is 5.96. The number of carbonyl (C=O) groups is 1. The Morgan fingerprint density at radius 1 is 1.50 bits per heavy atom. The first-order valence-electron chi connectivity index (χ1n) is 2.77. The highest BCUT2D eigenvalue weighted by atomic mass is 16.1. The Labute approximate surface area is 56.7 Å². The van der Waals surface area contributed by atoms with Gasteiger partial charge in [-0.2, -0.15) is 5.11 Å². The molecule has 2 aliphatic rings. The van der Waals surface area contributed by atoms with Gasteiger partial charge in [0.15, 0.2) is 6.29 Å². The molecule has 0 fully saturated rings. The molecule has 4 heteroatoms. The lowest BCUT2D eigenvalue weighted by molar-refractivity contribution is -0.104. The summed E-state index contributed by atoms with van der Waals surface area (Å²) in [6, 6.07) is 0. The molecule has 48 valence electrons. The molecule has 0 aromatic carbocycles. The van der Waals surface area contributed by atoms with Gasteiger partial charge in [0.25, 0.3) is 0 Å². The molecule has 0 saturated carbocycles. The van der Waals surface area contributed by atoms with Crippen molar-refractivity contribution in [1.82, 2.24) is 0 Å². The molecule has 2 aliphatic heterocycles. The summed E-state index contributed by atoms with van der Waals surface area (Å²) >= 11 is 0. The van der Waals surface area contributed by atoms with Crippen LogP contribution in [0.25, 0.3) is 0 Å². The lowest BCUT2D eigenvalue weighted by Crippen LogP contribution is -1.80. The molecule has 10 heavy (non-hydrogen) atoms. The van der Waals surface area contributed by atoms with Crippen LogP contribution in [0.2, 0.25) is 0 Å².